The smallest absolute Gasteiger partial charge is 0.172 e. The van der Waals surface area contributed by atoms with Gasteiger partial charge in [0.1, 0.15) is 0 Å². The number of hydrogen-bond donors (Lipinski definition) is 1. The van der Waals surface area contributed by atoms with Crippen molar-refractivity contribution in [1.82, 2.24) is 9.78 Å². The summed E-state index contributed by atoms with van der Waals surface area (Å²) in [6, 6.07) is 1.74. The lowest BCUT2D eigenvalue weighted by atomic mass is 10.1. The van der Waals surface area contributed by atoms with Gasteiger partial charge in [0, 0.05) is 33.9 Å². The Hall–Kier alpha value is -0.910. The Labute approximate surface area is 83.8 Å². The van der Waals surface area contributed by atoms with Crippen LogP contribution in [0.25, 0.3) is 0 Å². The van der Waals surface area contributed by atoms with E-state index in [0.717, 1.165) is 5.69 Å². The first-order chi connectivity index (χ1) is 6.67. The van der Waals surface area contributed by atoms with Crippen LogP contribution in [0.3, 0.4) is 0 Å². The molecule has 1 atom stereocenters. The second-order valence-electron chi connectivity index (χ2n) is 3.19. The summed E-state index contributed by atoms with van der Waals surface area (Å²) in [7, 11) is 5.03. The zero-order chi connectivity index (χ0) is 10.6. The van der Waals surface area contributed by atoms with Gasteiger partial charge in [0.15, 0.2) is 6.29 Å². The van der Waals surface area contributed by atoms with E-state index >= 15 is 0 Å². The fourth-order valence-corrected chi connectivity index (χ4v) is 1.36. The van der Waals surface area contributed by atoms with Gasteiger partial charge in [-0.1, -0.05) is 0 Å². The normalized spacial score (nSPS) is 13.5. The zero-order valence-electron chi connectivity index (χ0n) is 8.80. The van der Waals surface area contributed by atoms with Gasteiger partial charge in [0.2, 0.25) is 0 Å². The van der Waals surface area contributed by atoms with E-state index in [2.05, 4.69) is 5.10 Å². The molecule has 80 valence electrons. The lowest BCUT2D eigenvalue weighted by Crippen LogP contribution is -2.39. The minimum atomic E-state index is -0.378. The predicted octanol–water partition coefficient (Wildman–Crippen LogP) is -0.0912. The van der Waals surface area contributed by atoms with Gasteiger partial charge in [-0.2, -0.15) is 5.10 Å². The van der Waals surface area contributed by atoms with E-state index in [4.69, 9.17) is 15.2 Å². The average Bonchev–Trinajstić information content (AvgIpc) is 2.53. The Morgan fingerprint density at radius 1 is 1.50 bits per heavy atom. The average molecular weight is 199 g/mol. The van der Waals surface area contributed by atoms with Crippen LogP contribution in [0, 0.1) is 0 Å². The summed E-state index contributed by atoms with van der Waals surface area (Å²) in [4.78, 5) is 0. The third-order valence-electron chi connectivity index (χ3n) is 2.03. The van der Waals surface area contributed by atoms with Crippen LogP contribution in [0.15, 0.2) is 12.3 Å². The Kier molecular flexibility index (Phi) is 4.06. The van der Waals surface area contributed by atoms with E-state index in [9.17, 15) is 0 Å². The van der Waals surface area contributed by atoms with Gasteiger partial charge in [-0.15, -0.1) is 0 Å². The molecular weight excluding hydrogens is 182 g/mol. The molecule has 1 aromatic rings. The van der Waals surface area contributed by atoms with Crippen LogP contribution >= 0.6 is 0 Å². The minimum absolute atomic E-state index is 0.195. The second kappa shape index (κ2) is 5.09. The van der Waals surface area contributed by atoms with Crippen LogP contribution in [0.1, 0.15) is 5.69 Å². The van der Waals surface area contributed by atoms with E-state index in [1.165, 1.54) is 0 Å². The third kappa shape index (κ3) is 2.80. The van der Waals surface area contributed by atoms with Crippen molar-refractivity contribution in [2.75, 3.05) is 14.2 Å². The summed E-state index contributed by atoms with van der Waals surface area (Å²) >= 11 is 0. The number of methoxy groups -OCH3 is 2. The number of ether oxygens (including phenoxy) is 2. The molecule has 1 unspecified atom stereocenters. The highest BCUT2D eigenvalue weighted by Crippen LogP contribution is 2.04. The molecule has 0 saturated heterocycles. The molecule has 1 heterocycles. The Balaban J connectivity index is 2.51. The molecule has 5 nitrogen and oxygen atoms in total. The van der Waals surface area contributed by atoms with Crippen molar-refractivity contribution < 1.29 is 9.47 Å². The molecule has 1 rings (SSSR count). The summed E-state index contributed by atoms with van der Waals surface area (Å²) in [5, 5.41) is 4.23. The first-order valence-corrected chi connectivity index (χ1v) is 4.47. The van der Waals surface area contributed by atoms with Crippen LogP contribution in [-0.4, -0.2) is 36.3 Å². The van der Waals surface area contributed by atoms with E-state index in [1.54, 1.807) is 18.9 Å². The first kappa shape index (κ1) is 11.2. The molecule has 0 aromatic carbocycles. The molecule has 0 aliphatic heterocycles. The van der Waals surface area contributed by atoms with Crippen LogP contribution in [-0.2, 0) is 22.9 Å². The Morgan fingerprint density at radius 3 is 2.57 bits per heavy atom. The number of aromatic nitrogens is 2. The van der Waals surface area contributed by atoms with Gasteiger partial charge in [-0.05, 0) is 6.07 Å². The maximum Gasteiger partial charge on any atom is 0.172 e. The zero-order valence-corrected chi connectivity index (χ0v) is 8.80. The second-order valence-corrected chi connectivity index (χ2v) is 3.19. The lowest BCUT2D eigenvalue weighted by Gasteiger charge is -2.19. The fraction of sp³-hybridized carbons (Fsp3) is 0.667. The number of nitrogens with two attached hydrogens (primary N) is 1. The molecule has 0 saturated carbocycles. The molecule has 2 N–H and O–H groups in total. The third-order valence-corrected chi connectivity index (χ3v) is 2.03. The molecular formula is C9H17N3O2. The van der Waals surface area contributed by atoms with Crippen molar-refractivity contribution >= 4 is 0 Å². The topological polar surface area (TPSA) is 62.3 Å². The van der Waals surface area contributed by atoms with Crippen molar-refractivity contribution in [2.24, 2.45) is 12.8 Å². The Morgan fingerprint density at radius 2 is 2.14 bits per heavy atom. The molecule has 0 fully saturated rings. The van der Waals surface area contributed by atoms with Gasteiger partial charge in [-0.25, -0.2) is 0 Å². The van der Waals surface area contributed by atoms with Crippen LogP contribution < -0.4 is 5.73 Å². The standard InChI is InChI=1S/C9H17N3O2/c1-12-5-4-7(11-12)6-8(10)9(13-2)14-3/h4-5,8-9H,6,10H2,1-3H3. The fourth-order valence-electron chi connectivity index (χ4n) is 1.36. The lowest BCUT2D eigenvalue weighted by molar-refractivity contribution is -0.116. The van der Waals surface area contributed by atoms with E-state index in [1.807, 2.05) is 19.3 Å². The van der Waals surface area contributed by atoms with Gasteiger partial charge < -0.3 is 15.2 Å². The number of aryl methyl sites for hydroxylation is 1. The highest BCUT2D eigenvalue weighted by atomic mass is 16.7. The van der Waals surface area contributed by atoms with E-state index in [-0.39, 0.29) is 12.3 Å². The van der Waals surface area contributed by atoms with Gasteiger partial charge in [0.25, 0.3) is 0 Å². The molecule has 0 radical (unpaired) electrons. The monoisotopic (exact) mass is 199 g/mol. The maximum absolute atomic E-state index is 5.88. The van der Waals surface area contributed by atoms with Gasteiger partial charge in [0.05, 0.1) is 11.7 Å². The van der Waals surface area contributed by atoms with Crippen LogP contribution in [0.2, 0.25) is 0 Å². The summed E-state index contributed by atoms with van der Waals surface area (Å²) in [5.41, 5.74) is 6.82. The number of rotatable bonds is 5. The molecule has 0 amide bonds. The van der Waals surface area contributed by atoms with E-state index in [0.29, 0.717) is 6.42 Å². The molecule has 1 aromatic heterocycles. The molecule has 0 aliphatic carbocycles. The van der Waals surface area contributed by atoms with Crippen molar-refractivity contribution in [2.45, 2.75) is 18.8 Å². The van der Waals surface area contributed by atoms with Gasteiger partial charge >= 0.3 is 0 Å². The summed E-state index contributed by atoms with van der Waals surface area (Å²) < 4.78 is 11.9. The molecule has 0 aliphatic rings. The van der Waals surface area contributed by atoms with Crippen LogP contribution in [0.4, 0.5) is 0 Å². The largest absolute Gasteiger partial charge is 0.354 e. The number of hydrogen-bond acceptors (Lipinski definition) is 4. The molecule has 0 bridgehead atoms. The van der Waals surface area contributed by atoms with Crippen LogP contribution in [0.5, 0.6) is 0 Å². The Bertz CT molecular complexity index is 271. The predicted molar refractivity (Wildman–Crippen MR) is 52.7 cm³/mol. The maximum atomic E-state index is 5.88. The van der Waals surface area contributed by atoms with Gasteiger partial charge in [-0.3, -0.25) is 4.68 Å². The SMILES string of the molecule is COC(OC)C(N)Cc1ccn(C)n1. The first-order valence-electron chi connectivity index (χ1n) is 4.47. The summed E-state index contributed by atoms with van der Waals surface area (Å²) in [6.07, 6.45) is 2.15. The highest BCUT2D eigenvalue weighted by molar-refractivity contribution is 5.01. The number of nitrogens with zero attached hydrogens (tertiary/aromatic N) is 2. The van der Waals surface area contributed by atoms with E-state index < -0.39 is 0 Å². The minimum Gasteiger partial charge on any atom is -0.354 e. The van der Waals surface area contributed by atoms with Crippen molar-refractivity contribution in [3.8, 4) is 0 Å². The molecule has 14 heavy (non-hydrogen) atoms. The summed E-state index contributed by atoms with van der Waals surface area (Å²) in [5.74, 6) is 0. The van der Waals surface area contributed by atoms with Crippen molar-refractivity contribution in [3.05, 3.63) is 18.0 Å². The highest BCUT2D eigenvalue weighted by Gasteiger charge is 2.17. The van der Waals surface area contributed by atoms with Crippen molar-refractivity contribution in [3.63, 3.8) is 0 Å². The molecule has 5 heteroatoms. The van der Waals surface area contributed by atoms with Crippen molar-refractivity contribution in [1.29, 1.82) is 0 Å². The molecule has 0 spiro atoms. The summed E-state index contributed by atoms with van der Waals surface area (Å²) in [6.45, 7) is 0. The quantitative estimate of drug-likeness (QED) is 0.673.